The Labute approximate surface area is 76.1 Å². The molecule has 0 N–H and O–H groups in total. The maximum atomic E-state index is 10.0. The average molecular weight is 175 g/mol. The normalized spacial score (nSPS) is 7.08. The minimum absolute atomic E-state index is 0.729. The SMILES string of the molecule is C=CN=[N+]=[N-].O=Cc1ccccc1. The molecule has 0 aliphatic heterocycles. The summed E-state index contributed by atoms with van der Waals surface area (Å²) in [6.45, 7) is 3.13. The number of carbonyl (C=O) groups is 1. The summed E-state index contributed by atoms with van der Waals surface area (Å²) in [5.41, 5.74) is 8.18. The summed E-state index contributed by atoms with van der Waals surface area (Å²) in [5, 5.41) is 2.92. The van der Waals surface area contributed by atoms with Gasteiger partial charge in [0.2, 0.25) is 0 Å². The molecule has 1 aromatic rings. The highest BCUT2D eigenvalue weighted by atomic mass is 16.1. The summed E-state index contributed by atoms with van der Waals surface area (Å²) >= 11 is 0. The van der Waals surface area contributed by atoms with Crippen LogP contribution in [0.1, 0.15) is 10.4 Å². The van der Waals surface area contributed by atoms with E-state index in [9.17, 15) is 4.79 Å². The second kappa shape index (κ2) is 8.04. The van der Waals surface area contributed by atoms with Gasteiger partial charge in [0.15, 0.2) is 0 Å². The number of nitrogens with zero attached hydrogens (tertiary/aromatic N) is 3. The third kappa shape index (κ3) is 6.34. The van der Waals surface area contributed by atoms with Gasteiger partial charge in [-0.25, -0.2) is 0 Å². The molecule has 13 heavy (non-hydrogen) atoms. The molecule has 0 radical (unpaired) electrons. The predicted molar refractivity (Wildman–Crippen MR) is 51.2 cm³/mol. The van der Waals surface area contributed by atoms with Gasteiger partial charge < -0.3 is 0 Å². The summed E-state index contributed by atoms with van der Waals surface area (Å²) in [5.74, 6) is 0. The van der Waals surface area contributed by atoms with E-state index in [0.717, 1.165) is 18.0 Å². The van der Waals surface area contributed by atoms with Crippen LogP contribution in [-0.2, 0) is 0 Å². The van der Waals surface area contributed by atoms with Crippen LogP contribution in [0, 0.1) is 0 Å². The van der Waals surface area contributed by atoms with Crippen molar-refractivity contribution in [2.45, 2.75) is 0 Å². The number of hydrogen-bond acceptors (Lipinski definition) is 2. The molecule has 66 valence electrons. The van der Waals surface area contributed by atoms with Crippen molar-refractivity contribution >= 4 is 6.29 Å². The molecule has 4 heteroatoms. The molecule has 0 fully saturated rings. The van der Waals surface area contributed by atoms with Gasteiger partial charge >= 0.3 is 0 Å². The highest BCUT2D eigenvalue weighted by Crippen LogP contribution is 1.91. The second-order valence-electron chi connectivity index (χ2n) is 1.92. The topological polar surface area (TPSA) is 65.8 Å². The average Bonchev–Trinajstić information content (AvgIpc) is 2.21. The molecule has 0 unspecified atom stereocenters. The smallest absolute Gasteiger partial charge is 0.150 e. The van der Waals surface area contributed by atoms with Crippen molar-refractivity contribution in [3.8, 4) is 0 Å². The van der Waals surface area contributed by atoms with E-state index in [2.05, 4.69) is 16.6 Å². The molecule has 0 atom stereocenters. The molecule has 0 aliphatic carbocycles. The molecule has 0 saturated carbocycles. The Bertz CT molecular complexity index is 302. The maximum Gasteiger partial charge on any atom is 0.150 e. The highest BCUT2D eigenvalue weighted by molar-refractivity contribution is 5.74. The van der Waals surface area contributed by atoms with Crippen LogP contribution in [0.5, 0.6) is 0 Å². The largest absolute Gasteiger partial charge is 0.298 e. The first-order valence-corrected chi connectivity index (χ1v) is 3.50. The lowest BCUT2D eigenvalue weighted by atomic mass is 10.2. The zero-order chi connectivity index (χ0) is 9.94. The van der Waals surface area contributed by atoms with Gasteiger partial charge in [0.05, 0.1) is 0 Å². The van der Waals surface area contributed by atoms with Gasteiger partial charge in [-0.05, 0) is 11.7 Å². The monoisotopic (exact) mass is 175 g/mol. The Morgan fingerprint density at radius 1 is 1.38 bits per heavy atom. The molecule has 0 heterocycles. The fourth-order valence-corrected chi connectivity index (χ4v) is 0.568. The fourth-order valence-electron chi connectivity index (χ4n) is 0.568. The van der Waals surface area contributed by atoms with Gasteiger partial charge in [-0.15, -0.1) is 0 Å². The van der Waals surface area contributed by atoms with E-state index in [-0.39, 0.29) is 0 Å². The molecular weight excluding hydrogens is 166 g/mol. The predicted octanol–water partition coefficient (Wildman–Crippen LogP) is 2.94. The standard InChI is InChI=1S/C7H6O.C2H3N3/c8-6-7-4-2-1-3-5-7;1-2-4-5-3/h1-6H;2H,1H2. The van der Waals surface area contributed by atoms with Crippen LogP contribution in [0.3, 0.4) is 0 Å². The van der Waals surface area contributed by atoms with Crippen molar-refractivity contribution in [1.82, 2.24) is 0 Å². The van der Waals surface area contributed by atoms with E-state index in [0.29, 0.717) is 0 Å². The first-order chi connectivity index (χ1) is 6.35. The molecule has 4 nitrogen and oxygen atoms in total. The summed E-state index contributed by atoms with van der Waals surface area (Å²) in [7, 11) is 0. The lowest BCUT2D eigenvalue weighted by Crippen LogP contribution is -1.73. The zero-order valence-corrected chi connectivity index (χ0v) is 7.00. The summed E-state index contributed by atoms with van der Waals surface area (Å²) < 4.78 is 0. The molecular formula is C9H9N3O. The lowest BCUT2D eigenvalue weighted by Gasteiger charge is -1.81. The van der Waals surface area contributed by atoms with Crippen molar-refractivity contribution < 1.29 is 4.79 Å². The van der Waals surface area contributed by atoms with Crippen molar-refractivity contribution in [2.24, 2.45) is 5.11 Å². The number of aldehydes is 1. The molecule has 0 saturated heterocycles. The Morgan fingerprint density at radius 3 is 2.23 bits per heavy atom. The highest BCUT2D eigenvalue weighted by Gasteiger charge is 1.79. The first kappa shape index (κ1) is 10.9. The number of azide groups is 1. The van der Waals surface area contributed by atoms with Gasteiger partial charge in [0.25, 0.3) is 0 Å². The van der Waals surface area contributed by atoms with Crippen molar-refractivity contribution in [1.29, 1.82) is 0 Å². The summed E-state index contributed by atoms with van der Waals surface area (Å²) in [6, 6.07) is 9.10. The van der Waals surface area contributed by atoms with Crippen LogP contribution >= 0.6 is 0 Å². The quantitative estimate of drug-likeness (QED) is 0.295. The van der Waals surface area contributed by atoms with E-state index in [1.165, 1.54) is 0 Å². The fraction of sp³-hybridized carbons (Fsp3) is 0. The molecule has 0 bridgehead atoms. The third-order valence-electron chi connectivity index (χ3n) is 1.07. The zero-order valence-electron chi connectivity index (χ0n) is 7.00. The minimum Gasteiger partial charge on any atom is -0.298 e. The van der Waals surface area contributed by atoms with Gasteiger partial charge in [0.1, 0.15) is 6.29 Å². The van der Waals surface area contributed by atoms with Crippen LogP contribution in [-0.4, -0.2) is 6.29 Å². The van der Waals surface area contributed by atoms with Gasteiger partial charge in [0, 0.05) is 10.5 Å². The Balaban J connectivity index is 0.000000252. The van der Waals surface area contributed by atoms with Crippen molar-refractivity contribution in [2.75, 3.05) is 0 Å². The van der Waals surface area contributed by atoms with Crippen molar-refractivity contribution in [3.63, 3.8) is 0 Å². The van der Waals surface area contributed by atoms with Gasteiger partial charge in [-0.2, -0.15) is 0 Å². The first-order valence-electron chi connectivity index (χ1n) is 3.50. The lowest BCUT2D eigenvalue weighted by molar-refractivity contribution is 0.112. The maximum absolute atomic E-state index is 10.0. The van der Waals surface area contributed by atoms with Crippen LogP contribution in [0.4, 0.5) is 0 Å². The molecule has 0 spiro atoms. The van der Waals surface area contributed by atoms with E-state index in [4.69, 9.17) is 5.53 Å². The number of hydrogen-bond donors (Lipinski definition) is 0. The Kier molecular flexibility index (Phi) is 6.77. The molecule has 0 aromatic heterocycles. The third-order valence-corrected chi connectivity index (χ3v) is 1.07. The number of rotatable bonds is 2. The van der Waals surface area contributed by atoms with E-state index < -0.39 is 0 Å². The molecule has 1 aromatic carbocycles. The van der Waals surface area contributed by atoms with Gasteiger partial charge in [-0.3, -0.25) is 4.79 Å². The number of carbonyl (C=O) groups excluding carboxylic acids is 1. The summed E-state index contributed by atoms with van der Waals surface area (Å²) in [4.78, 5) is 12.4. The number of benzene rings is 1. The van der Waals surface area contributed by atoms with Crippen LogP contribution in [0.25, 0.3) is 10.4 Å². The van der Waals surface area contributed by atoms with E-state index in [1.807, 2.05) is 18.2 Å². The van der Waals surface area contributed by atoms with Gasteiger partial charge in [-0.1, -0.05) is 42.0 Å². The summed E-state index contributed by atoms with van der Waals surface area (Å²) in [6.07, 6.45) is 1.97. The Morgan fingerprint density at radius 2 is 2.00 bits per heavy atom. The second-order valence-corrected chi connectivity index (χ2v) is 1.92. The van der Waals surface area contributed by atoms with E-state index >= 15 is 0 Å². The molecule has 0 aliphatic rings. The molecule has 0 amide bonds. The minimum atomic E-state index is 0.729. The van der Waals surface area contributed by atoms with Crippen LogP contribution in [0.2, 0.25) is 0 Å². The van der Waals surface area contributed by atoms with Crippen LogP contribution in [0.15, 0.2) is 48.2 Å². The van der Waals surface area contributed by atoms with E-state index in [1.54, 1.807) is 12.1 Å². The molecule has 1 rings (SSSR count). The Hall–Kier alpha value is -2.06. The van der Waals surface area contributed by atoms with Crippen molar-refractivity contribution in [3.05, 3.63) is 59.1 Å². The van der Waals surface area contributed by atoms with Crippen LogP contribution < -0.4 is 0 Å².